The summed E-state index contributed by atoms with van der Waals surface area (Å²) in [6, 6.07) is 19.8. The van der Waals surface area contributed by atoms with Crippen LogP contribution in [-0.4, -0.2) is 4.57 Å². The molecule has 2 N–H and O–H groups in total. The molecule has 0 radical (unpaired) electrons. The number of benzene rings is 3. The van der Waals surface area contributed by atoms with Gasteiger partial charge in [-0.2, -0.15) is 5.26 Å². The molecule has 3 nitrogen and oxygen atoms in total. The zero-order chi connectivity index (χ0) is 16.0. The van der Waals surface area contributed by atoms with Gasteiger partial charge in [0.05, 0.1) is 34.0 Å². The number of rotatable bonds is 1. The number of nitrogen functional groups attached to an aromatic ring is 1. The second-order valence-corrected chi connectivity index (χ2v) is 5.37. The fraction of sp³-hybridized carbons (Fsp3) is 0. The summed E-state index contributed by atoms with van der Waals surface area (Å²) in [6.45, 7) is 0. The van der Waals surface area contributed by atoms with Crippen LogP contribution in [0, 0.1) is 17.1 Å². The lowest BCUT2D eigenvalue weighted by Crippen LogP contribution is -2.00. The van der Waals surface area contributed by atoms with Crippen molar-refractivity contribution in [2.24, 2.45) is 0 Å². The van der Waals surface area contributed by atoms with Crippen molar-refractivity contribution >= 4 is 27.5 Å². The molecule has 3 aromatic carbocycles. The number of hydrogen-bond donors (Lipinski definition) is 1. The van der Waals surface area contributed by atoms with Crippen molar-refractivity contribution in [2.45, 2.75) is 0 Å². The monoisotopic (exact) mass is 301 g/mol. The first kappa shape index (κ1) is 13.4. The summed E-state index contributed by atoms with van der Waals surface area (Å²) in [4.78, 5) is 0. The molecule has 4 aromatic rings. The third-order valence-electron chi connectivity index (χ3n) is 4.04. The normalized spacial score (nSPS) is 11.0. The van der Waals surface area contributed by atoms with Crippen LogP contribution in [0.5, 0.6) is 0 Å². The van der Waals surface area contributed by atoms with Gasteiger partial charge in [0.25, 0.3) is 0 Å². The minimum atomic E-state index is -0.319. The topological polar surface area (TPSA) is 54.7 Å². The van der Waals surface area contributed by atoms with Gasteiger partial charge in [0, 0.05) is 10.8 Å². The Morgan fingerprint density at radius 3 is 2.57 bits per heavy atom. The highest BCUT2D eigenvalue weighted by molar-refractivity contribution is 6.10. The Labute approximate surface area is 132 Å². The lowest BCUT2D eigenvalue weighted by molar-refractivity contribution is 0.635. The standard InChI is InChI=1S/C19H12FN3/c20-15-5-3-4-13-14-10-12(11-21)8-9-17(14)23(19(13)15)18-7-2-1-6-16(18)22/h1-10H,22H2. The highest BCUT2D eigenvalue weighted by Crippen LogP contribution is 2.35. The molecular formula is C19H12FN3. The minimum absolute atomic E-state index is 0.319. The third kappa shape index (κ3) is 1.87. The highest BCUT2D eigenvalue weighted by Gasteiger charge is 2.16. The van der Waals surface area contributed by atoms with Gasteiger partial charge < -0.3 is 10.3 Å². The molecule has 0 amide bonds. The zero-order valence-electron chi connectivity index (χ0n) is 12.1. The van der Waals surface area contributed by atoms with E-state index in [1.807, 2.05) is 34.9 Å². The van der Waals surface area contributed by atoms with E-state index in [-0.39, 0.29) is 5.82 Å². The number of para-hydroxylation sites is 3. The van der Waals surface area contributed by atoms with E-state index >= 15 is 0 Å². The van der Waals surface area contributed by atoms with Gasteiger partial charge in [-0.15, -0.1) is 0 Å². The Hall–Kier alpha value is -3.32. The predicted molar refractivity (Wildman–Crippen MR) is 89.9 cm³/mol. The number of hydrogen-bond acceptors (Lipinski definition) is 2. The van der Waals surface area contributed by atoms with E-state index in [2.05, 4.69) is 6.07 Å². The Bertz CT molecular complexity index is 1100. The van der Waals surface area contributed by atoms with E-state index in [0.29, 0.717) is 16.8 Å². The van der Waals surface area contributed by atoms with Gasteiger partial charge >= 0.3 is 0 Å². The molecule has 4 heteroatoms. The molecule has 0 bridgehead atoms. The molecule has 0 saturated heterocycles. The number of fused-ring (bicyclic) bond motifs is 3. The molecule has 0 aliphatic rings. The highest BCUT2D eigenvalue weighted by atomic mass is 19.1. The van der Waals surface area contributed by atoms with Crippen molar-refractivity contribution < 1.29 is 4.39 Å². The molecule has 0 saturated carbocycles. The number of nitriles is 1. The quantitative estimate of drug-likeness (QED) is 0.530. The van der Waals surface area contributed by atoms with E-state index in [0.717, 1.165) is 22.0 Å². The minimum Gasteiger partial charge on any atom is -0.397 e. The zero-order valence-corrected chi connectivity index (χ0v) is 12.1. The van der Waals surface area contributed by atoms with Crippen LogP contribution in [0.3, 0.4) is 0 Å². The van der Waals surface area contributed by atoms with Crippen LogP contribution in [0.15, 0.2) is 60.7 Å². The van der Waals surface area contributed by atoms with E-state index in [9.17, 15) is 4.39 Å². The lowest BCUT2D eigenvalue weighted by atomic mass is 10.1. The van der Waals surface area contributed by atoms with Crippen molar-refractivity contribution in [3.63, 3.8) is 0 Å². The number of halogens is 1. The number of nitrogens with zero attached hydrogens (tertiary/aromatic N) is 2. The van der Waals surface area contributed by atoms with E-state index in [4.69, 9.17) is 11.0 Å². The Morgan fingerprint density at radius 1 is 0.957 bits per heavy atom. The average Bonchev–Trinajstić information content (AvgIpc) is 2.90. The summed E-state index contributed by atoms with van der Waals surface area (Å²) >= 11 is 0. The van der Waals surface area contributed by atoms with Gasteiger partial charge in [-0.3, -0.25) is 0 Å². The molecule has 0 fully saturated rings. The summed E-state index contributed by atoms with van der Waals surface area (Å²) in [7, 11) is 0. The molecule has 0 aliphatic heterocycles. The van der Waals surface area contributed by atoms with Crippen LogP contribution in [0.25, 0.3) is 27.5 Å². The van der Waals surface area contributed by atoms with Crippen LogP contribution in [0.1, 0.15) is 5.56 Å². The van der Waals surface area contributed by atoms with Crippen molar-refractivity contribution in [3.8, 4) is 11.8 Å². The molecule has 1 aromatic heterocycles. The summed E-state index contributed by atoms with van der Waals surface area (Å²) in [5, 5.41) is 10.7. The molecule has 0 aliphatic carbocycles. The largest absolute Gasteiger partial charge is 0.397 e. The molecule has 0 atom stereocenters. The van der Waals surface area contributed by atoms with Gasteiger partial charge in [0.1, 0.15) is 5.82 Å². The first-order valence-corrected chi connectivity index (χ1v) is 7.18. The number of anilines is 1. The first-order valence-electron chi connectivity index (χ1n) is 7.18. The maximum absolute atomic E-state index is 14.6. The maximum Gasteiger partial charge on any atom is 0.147 e. The van der Waals surface area contributed by atoms with Gasteiger partial charge in [0.15, 0.2) is 0 Å². The fourth-order valence-electron chi connectivity index (χ4n) is 3.04. The van der Waals surface area contributed by atoms with E-state index < -0.39 is 0 Å². The fourth-order valence-corrected chi connectivity index (χ4v) is 3.04. The number of nitrogens with two attached hydrogens (primary N) is 1. The Morgan fingerprint density at radius 2 is 1.78 bits per heavy atom. The van der Waals surface area contributed by atoms with Crippen molar-refractivity contribution in [1.29, 1.82) is 5.26 Å². The van der Waals surface area contributed by atoms with Crippen molar-refractivity contribution in [2.75, 3.05) is 5.73 Å². The van der Waals surface area contributed by atoms with Gasteiger partial charge in [-0.25, -0.2) is 4.39 Å². The molecule has 1 heterocycles. The predicted octanol–water partition coefficient (Wildman–Crippen LogP) is 4.38. The Kier molecular flexibility index (Phi) is 2.82. The summed E-state index contributed by atoms with van der Waals surface area (Å²) in [6.07, 6.45) is 0. The smallest absolute Gasteiger partial charge is 0.147 e. The average molecular weight is 301 g/mol. The van der Waals surface area contributed by atoms with Crippen LogP contribution in [-0.2, 0) is 0 Å². The third-order valence-corrected chi connectivity index (χ3v) is 4.04. The second kappa shape index (κ2) is 4.85. The van der Waals surface area contributed by atoms with Gasteiger partial charge in [-0.1, -0.05) is 24.3 Å². The van der Waals surface area contributed by atoms with Gasteiger partial charge in [0.2, 0.25) is 0 Å². The molecular weight excluding hydrogens is 289 g/mol. The van der Waals surface area contributed by atoms with Crippen LogP contribution in [0.4, 0.5) is 10.1 Å². The molecule has 0 spiro atoms. The molecule has 110 valence electrons. The van der Waals surface area contributed by atoms with Crippen LogP contribution < -0.4 is 5.73 Å². The van der Waals surface area contributed by atoms with E-state index in [1.165, 1.54) is 6.07 Å². The maximum atomic E-state index is 14.6. The van der Waals surface area contributed by atoms with Crippen molar-refractivity contribution in [3.05, 3.63) is 72.0 Å². The summed E-state index contributed by atoms with van der Waals surface area (Å²) in [5.41, 5.74) is 9.23. The summed E-state index contributed by atoms with van der Waals surface area (Å²) in [5.74, 6) is -0.319. The van der Waals surface area contributed by atoms with E-state index in [1.54, 1.807) is 24.3 Å². The Balaban J connectivity index is 2.26. The van der Waals surface area contributed by atoms with Crippen LogP contribution >= 0.6 is 0 Å². The molecule has 4 rings (SSSR count). The summed E-state index contributed by atoms with van der Waals surface area (Å²) < 4.78 is 16.4. The number of aromatic nitrogens is 1. The van der Waals surface area contributed by atoms with Crippen LogP contribution in [0.2, 0.25) is 0 Å². The SMILES string of the molecule is N#Cc1ccc2c(c1)c1cccc(F)c1n2-c1ccccc1N. The van der Waals surface area contributed by atoms with Crippen molar-refractivity contribution in [1.82, 2.24) is 4.57 Å². The van der Waals surface area contributed by atoms with Gasteiger partial charge in [-0.05, 0) is 36.4 Å². The molecule has 0 unspecified atom stereocenters. The first-order chi connectivity index (χ1) is 11.2. The lowest BCUT2D eigenvalue weighted by Gasteiger charge is -2.10. The molecule has 23 heavy (non-hydrogen) atoms. The second-order valence-electron chi connectivity index (χ2n) is 5.37.